The number of nitrogens with one attached hydrogen (secondary N) is 3. The lowest BCUT2D eigenvalue weighted by atomic mass is 10.2. The summed E-state index contributed by atoms with van der Waals surface area (Å²) in [5, 5.41) is 19.0. The molecule has 9 nitrogen and oxygen atoms in total. The highest BCUT2D eigenvalue weighted by molar-refractivity contribution is 5.91. The van der Waals surface area contributed by atoms with Crippen molar-refractivity contribution >= 4 is 23.2 Å². The average Bonchev–Trinajstić information content (AvgIpc) is 3.17. The monoisotopic (exact) mass is 360 g/mol. The summed E-state index contributed by atoms with van der Waals surface area (Å²) in [4.78, 5) is 33.4. The van der Waals surface area contributed by atoms with E-state index in [4.69, 9.17) is 4.42 Å². The van der Waals surface area contributed by atoms with Gasteiger partial charge < -0.3 is 20.4 Å². The molecule has 0 aliphatic carbocycles. The molecule has 1 aromatic carbocycles. The molecule has 0 fully saturated rings. The average molecular weight is 360 g/mol. The van der Waals surface area contributed by atoms with E-state index in [1.807, 2.05) is 0 Å². The maximum Gasteiger partial charge on any atom is 0.287 e. The molecule has 138 valence electrons. The number of hydrogen-bond donors (Lipinski definition) is 3. The maximum absolute atomic E-state index is 11.7. The molecule has 0 aliphatic rings. The molecule has 3 N–H and O–H groups in total. The Morgan fingerprint density at radius 1 is 1.04 bits per heavy atom. The van der Waals surface area contributed by atoms with Crippen LogP contribution in [-0.4, -0.2) is 36.4 Å². The third-order valence-electron chi connectivity index (χ3n) is 3.47. The highest BCUT2D eigenvalue weighted by atomic mass is 16.6. The van der Waals surface area contributed by atoms with Gasteiger partial charge in [-0.1, -0.05) is 0 Å². The van der Waals surface area contributed by atoms with Crippen molar-refractivity contribution in [2.45, 2.75) is 12.8 Å². The number of hydrogen-bond acceptors (Lipinski definition) is 6. The van der Waals surface area contributed by atoms with E-state index in [0.717, 1.165) is 5.69 Å². The molecule has 2 aromatic rings. The Balaban J connectivity index is 1.53. The summed E-state index contributed by atoms with van der Waals surface area (Å²) in [6.07, 6.45) is 2.37. The molecule has 0 atom stereocenters. The molecular weight excluding hydrogens is 340 g/mol. The summed E-state index contributed by atoms with van der Waals surface area (Å²) in [6.45, 7) is 1.22. The van der Waals surface area contributed by atoms with Crippen LogP contribution in [0.3, 0.4) is 0 Å². The second-order valence-electron chi connectivity index (χ2n) is 5.42. The molecule has 2 rings (SSSR count). The van der Waals surface area contributed by atoms with Crippen molar-refractivity contribution < 1.29 is 18.9 Å². The van der Waals surface area contributed by atoms with E-state index >= 15 is 0 Å². The number of nitrogens with zero attached hydrogens (tertiary/aromatic N) is 1. The van der Waals surface area contributed by atoms with Gasteiger partial charge in [-0.05, 0) is 30.7 Å². The van der Waals surface area contributed by atoms with Crippen molar-refractivity contribution in [1.82, 2.24) is 10.6 Å². The molecule has 1 aromatic heterocycles. The fraction of sp³-hybridized carbons (Fsp3) is 0.294. The van der Waals surface area contributed by atoms with Crippen LogP contribution in [0, 0.1) is 10.1 Å². The van der Waals surface area contributed by atoms with Crippen LogP contribution in [0.5, 0.6) is 0 Å². The Morgan fingerprint density at radius 3 is 2.42 bits per heavy atom. The smallest absolute Gasteiger partial charge is 0.287 e. The normalized spacial score (nSPS) is 10.2. The highest BCUT2D eigenvalue weighted by Crippen LogP contribution is 2.15. The van der Waals surface area contributed by atoms with Gasteiger partial charge >= 0.3 is 0 Å². The number of nitro groups is 1. The van der Waals surface area contributed by atoms with E-state index in [2.05, 4.69) is 16.0 Å². The summed E-state index contributed by atoms with van der Waals surface area (Å²) < 4.78 is 4.95. The molecule has 0 saturated carbocycles. The first-order chi connectivity index (χ1) is 12.6. The van der Waals surface area contributed by atoms with Crippen LogP contribution in [-0.2, 0) is 4.79 Å². The highest BCUT2D eigenvalue weighted by Gasteiger charge is 2.07. The molecule has 0 radical (unpaired) electrons. The summed E-state index contributed by atoms with van der Waals surface area (Å²) in [7, 11) is 0. The zero-order valence-corrected chi connectivity index (χ0v) is 14.1. The predicted octanol–water partition coefficient (Wildman–Crippen LogP) is 1.93. The summed E-state index contributed by atoms with van der Waals surface area (Å²) in [6, 6.07) is 9.28. The molecule has 0 spiro atoms. The fourth-order valence-corrected chi connectivity index (χ4v) is 2.14. The number of rotatable bonds is 10. The van der Waals surface area contributed by atoms with Gasteiger partial charge in [0.05, 0.1) is 11.2 Å². The first-order valence-electron chi connectivity index (χ1n) is 8.13. The minimum absolute atomic E-state index is 0.0362. The first-order valence-corrected chi connectivity index (χ1v) is 8.13. The van der Waals surface area contributed by atoms with Crippen molar-refractivity contribution in [3.05, 3.63) is 58.5 Å². The molecule has 0 bridgehead atoms. The fourth-order valence-electron chi connectivity index (χ4n) is 2.14. The van der Waals surface area contributed by atoms with Crippen molar-refractivity contribution in [2.75, 3.05) is 25.0 Å². The number of anilines is 1. The molecule has 26 heavy (non-hydrogen) atoms. The maximum atomic E-state index is 11.7. The van der Waals surface area contributed by atoms with Crippen LogP contribution in [0.25, 0.3) is 0 Å². The lowest BCUT2D eigenvalue weighted by Crippen LogP contribution is -2.34. The number of nitro benzene ring substituents is 1. The van der Waals surface area contributed by atoms with Gasteiger partial charge in [-0.25, -0.2) is 0 Å². The van der Waals surface area contributed by atoms with Crippen LogP contribution in [0.4, 0.5) is 11.4 Å². The second-order valence-corrected chi connectivity index (χ2v) is 5.42. The van der Waals surface area contributed by atoms with E-state index < -0.39 is 4.92 Å². The Kier molecular flexibility index (Phi) is 7.17. The minimum atomic E-state index is -0.453. The van der Waals surface area contributed by atoms with E-state index in [-0.39, 0.29) is 23.3 Å². The van der Waals surface area contributed by atoms with Crippen LogP contribution < -0.4 is 16.0 Å². The van der Waals surface area contributed by atoms with Gasteiger partial charge in [0, 0.05) is 43.9 Å². The van der Waals surface area contributed by atoms with Gasteiger partial charge in [-0.3, -0.25) is 19.7 Å². The zero-order valence-electron chi connectivity index (χ0n) is 14.1. The third-order valence-corrected chi connectivity index (χ3v) is 3.47. The number of furan rings is 1. The Hall–Kier alpha value is -3.36. The minimum Gasteiger partial charge on any atom is -0.459 e. The molecule has 1 heterocycles. The van der Waals surface area contributed by atoms with Crippen molar-refractivity contribution in [3.63, 3.8) is 0 Å². The number of carbonyl (C=O) groups is 2. The number of benzene rings is 1. The topological polar surface area (TPSA) is 127 Å². The van der Waals surface area contributed by atoms with Crippen molar-refractivity contribution in [1.29, 1.82) is 0 Å². The summed E-state index contributed by atoms with van der Waals surface area (Å²) in [5.74, 6) is -0.201. The van der Waals surface area contributed by atoms with E-state index in [9.17, 15) is 19.7 Å². The molecule has 2 amide bonds. The third kappa shape index (κ3) is 6.27. The SMILES string of the molecule is O=C(CCCNc1ccc([N+](=O)[O-])cc1)NCCNC(=O)c1ccco1. The van der Waals surface area contributed by atoms with Gasteiger partial charge in [0.2, 0.25) is 5.91 Å². The molecular formula is C17H20N4O5. The van der Waals surface area contributed by atoms with Gasteiger partial charge in [0.1, 0.15) is 0 Å². The standard InChI is InChI=1S/C17H20N4O5/c22-16(19-10-11-20-17(23)15-3-2-12-26-15)4-1-9-18-13-5-7-14(8-6-13)21(24)25/h2-3,5-8,12,18H,1,4,9-11H2,(H,19,22)(H,20,23). The lowest BCUT2D eigenvalue weighted by Gasteiger charge is -2.08. The van der Waals surface area contributed by atoms with Crippen LogP contribution >= 0.6 is 0 Å². The quantitative estimate of drug-likeness (QED) is 0.337. The summed E-state index contributed by atoms with van der Waals surface area (Å²) >= 11 is 0. The molecule has 0 aliphatic heterocycles. The Bertz CT molecular complexity index is 728. The number of non-ortho nitro benzene ring substituents is 1. The van der Waals surface area contributed by atoms with Gasteiger partial charge in [-0.15, -0.1) is 0 Å². The van der Waals surface area contributed by atoms with Crippen molar-refractivity contribution in [2.24, 2.45) is 0 Å². The van der Waals surface area contributed by atoms with E-state index in [1.165, 1.54) is 18.4 Å². The Labute approximate surface area is 149 Å². The summed E-state index contributed by atoms with van der Waals surface area (Å²) in [5.41, 5.74) is 0.797. The molecule has 0 unspecified atom stereocenters. The van der Waals surface area contributed by atoms with Crippen LogP contribution in [0.1, 0.15) is 23.4 Å². The largest absolute Gasteiger partial charge is 0.459 e. The zero-order chi connectivity index (χ0) is 18.8. The second kappa shape index (κ2) is 9.82. The van der Waals surface area contributed by atoms with E-state index in [0.29, 0.717) is 32.5 Å². The molecule has 9 heteroatoms. The number of amides is 2. The lowest BCUT2D eigenvalue weighted by molar-refractivity contribution is -0.384. The molecule has 0 saturated heterocycles. The van der Waals surface area contributed by atoms with Gasteiger partial charge in [0.25, 0.3) is 11.6 Å². The van der Waals surface area contributed by atoms with Crippen LogP contribution in [0.15, 0.2) is 47.1 Å². The van der Waals surface area contributed by atoms with Crippen LogP contribution in [0.2, 0.25) is 0 Å². The van der Waals surface area contributed by atoms with Gasteiger partial charge in [0.15, 0.2) is 5.76 Å². The van der Waals surface area contributed by atoms with Crippen molar-refractivity contribution in [3.8, 4) is 0 Å². The first kappa shape index (κ1) is 19.0. The Morgan fingerprint density at radius 2 is 1.77 bits per heavy atom. The van der Waals surface area contributed by atoms with Gasteiger partial charge in [-0.2, -0.15) is 0 Å². The van der Waals surface area contributed by atoms with E-state index in [1.54, 1.807) is 24.3 Å². The predicted molar refractivity (Wildman–Crippen MR) is 94.9 cm³/mol. The number of carbonyl (C=O) groups excluding carboxylic acids is 2.